The molecule has 0 aromatic heterocycles. The minimum atomic E-state index is 0.629. The Morgan fingerprint density at radius 1 is 1.26 bits per heavy atom. The van der Waals surface area contributed by atoms with E-state index in [1.807, 2.05) is 0 Å². The number of nitrogens with zero attached hydrogens (tertiary/aromatic N) is 1. The number of nitrogens with two attached hydrogens (primary N) is 1. The van der Waals surface area contributed by atoms with Gasteiger partial charge >= 0.3 is 0 Å². The van der Waals surface area contributed by atoms with Crippen molar-refractivity contribution in [3.05, 3.63) is 35.4 Å². The van der Waals surface area contributed by atoms with Gasteiger partial charge < -0.3 is 5.73 Å². The predicted molar refractivity (Wildman–Crippen MR) is 82.5 cm³/mol. The van der Waals surface area contributed by atoms with E-state index in [4.69, 9.17) is 5.73 Å². The molecule has 1 atom stereocenters. The van der Waals surface area contributed by atoms with Crippen molar-refractivity contribution in [1.29, 1.82) is 0 Å². The van der Waals surface area contributed by atoms with Crippen molar-refractivity contribution in [2.75, 3.05) is 19.6 Å². The van der Waals surface area contributed by atoms with E-state index in [1.165, 1.54) is 43.4 Å². The van der Waals surface area contributed by atoms with Crippen molar-refractivity contribution in [2.24, 2.45) is 5.73 Å². The fraction of sp³-hybridized carbons (Fsp3) is 0.647. The van der Waals surface area contributed by atoms with E-state index in [-0.39, 0.29) is 0 Å². The minimum absolute atomic E-state index is 0.629. The van der Waals surface area contributed by atoms with Crippen LogP contribution in [-0.2, 0) is 6.42 Å². The van der Waals surface area contributed by atoms with Crippen LogP contribution in [0.15, 0.2) is 24.3 Å². The van der Waals surface area contributed by atoms with Crippen LogP contribution in [-0.4, -0.2) is 30.6 Å². The first-order valence-corrected chi connectivity index (χ1v) is 7.73. The third-order valence-electron chi connectivity index (χ3n) is 4.33. The molecule has 1 heterocycles. The van der Waals surface area contributed by atoms with Gasteiger partial charge in [-0.2, -0.15) is 0 Å². The first-order valence-electron chi connectivity index (χ1n) is 7.73. The lowest BCUT2D eigenvalue weighted by Gasteiger charge is -2.23. The van der Waals surface area contributed by atoms with Gasteiger partial charge in [0.05, 0.1) is 0 Å². The molecule has 1 unspecified atom stereocenters. The first kappa shape index (κ1) is 14.5. The summed E-state index contributed by atoms with van der Waals surface area (Å²) in [4.78, 5) is 2.57. The van der Waals surface area contributed by atoms with Gasteiger partial charge in [0.15, 0.2) is 0 Å². The van der Waals surface area contributed by atoms with Gasteiger partial charge in [0.1, 0.15) is 0 Å². The molecule has 1 aliphatic rings. The number of hydrogen-bond donors (Lipinski definition) is 1. The third-order valence-corrected chi connectivity index (χ3v) is 4.33. The monoisotopic (exact) mass is 260 g/mol. The van der Waals surface area contributed by atoms with E-state index in [2.05, 4.69) is 43.0 Å². The van der Waals surface area contributed by atoms with Gasteiger partial charge in [0.25, 0.3) is 0 Å². The molecule has 0 aliphatic carbocycles. The molecule has 2 nitrogen and oxygen atoms in total. The maximum absolute atomic E-state index is 5.68. The highest BCUT2D eigenvalue weighted by molar-refractivity contribution is 5.24. The molecule has 0 bridgehead atoms. The number of rotatable bonds is 6. The quantitative estimate of drug-likeness (QED) is 0.851. The molecule has 0 radical (unpaired) electrons. The summed E-state index contributed by atoms with van der Waals surface area (Å²) in [5.41, 5.74) is 8.60. The van der Waals surface area contributed by atoms with Crippen molar-refractivity contribution in [1.82, 2.24) is 4.90 Å². The molecule has 1 fully saturated rings. The van der Waals surface area contributed by atoms with Crippen molar-refractivity contribution in [3.63, 3.8) is 0 Å². The summed E-state index contributed by atoms with van der Waals surface area (Å²) in [6.45, 7) is 7.60. The van der Waals surface area contributed by atoms with E-state index in [0.717, 1.165) is 19.1 Å². The zero-order valence-corrected chi connectivity index (χ0v) is 12.4. The average molecular weight is 260 g/mol. The topological polar surface area (TPSA) is 29.3 Å². The Hall–Kier alpha value is -0.860. The molecule has 1 aromatic rings. The summed E-state index contributed by atoms with van der Waals surface area (Å²) in [6.07, 6.45) is 5.17. The average Bonchev–Trinajstić information content (AvgIpc) is 2.85. The predicted octanol–water partition coefficient (Wildman–Crippen LogP) is 3.17. The third kappa shape index (κ3) is 4.05. The van der Waals surface area contributed by atoms with Crippen LogP contribution in [0.2, 0.25) is 0 Å². The van der Waals surface area contributed by atoms with Gasteiger partial charge in [-0.05, 0) is 49.3 Å². The Labute approximate surface area is 118 Å². The standard InChI is InChI=1S/C17H28N2/c1-14(2)16-8-5-15(6-9-16)7-10-17-4-3-12-19(17)13-11-18/h5-6,8-9,14,17H,3-4,7,10-13,18H2,1-2H3. The van der Waals surface area contributed by atoms with Crippen LogP contribution in [0, 0.1) is 0 Å². The van der Waals surface area contributed by atoms with Gasteiger partial charge in [-0.1, -0.05) is 38.1 Å². The second-order valence-electron chi connectivity index (χ2n) is 6.06. The summed E-state index contributed by atoms with van der Waals surface area (Å²) in [5.74, 6) is 0.629. The van der Waals surface area contributed by atoms with Crippen LogP contribution in [0.25, 0.3) is 0 Å². The van der Waals surface area contributed by atoms with Crippen LogP contribution in [0.1, 0.15) is 50.2 Å². The molecular weight excluding hydrogens is 232 g/mol. The van der Waals surface area contributed by atoms with E-state index < -0.39 is 0 Å². The molecule has 106 valence electrons. The summed E-state index contributed by atoms with van der Waals surface area (Å²) in [5, 5.41) is 0. The number of benzene rings is 1. The van der Waals surface area contributed by atoms with Crippen LogP contribution < -0.4 is 5.73 Å². The number of hydrogen-bond acceptors (Lipinski definition) is 2. The molecule has 2 rings (SSSR count). The summed E-state index contributed by atoms with van der Waals surface area (Å²) in [7, 11) is 0. The van der Waals surface area contributed by atoms with E-state index in [1.54, 1.807) is 0 Å². The lowest BCUT2D eigenvalue weighted by molar-refractivity contribution is 0.250. The number of aryl methyl sites for hydroxylation is 1. The lowest BCUT2D eigenvalue weighted by atomic mass is 9.98. The van der Waals surface area contributed by atoms with Gasteiger partial charge in [0.2, 0.25) is 0 Å². The molecule has 1 saturated heterocycles. The van der Waals surface area contributed by atoms with Crippen LogP contribution in [0.4, 0.5) is 0 Å². The molecule has 0 saturated carbocycles. The van der Waals surface area contributed by atoms with Crippen molar-refractivity contribution in [3.8, 4) is 0 Å². The Balaban J connectivity index is 1.84. The SMILES string of the molecule is CC(C)c1ccc(CCC2CCCN2CCN)cc1. The molecule has 0 spiro atoms. The molecule has 2 heteroatoms. The Kier molecular flexibility index (Phi) is 5.41. The second-order valence-corrected chi connectivity index (χ2v) is 6.06. The van der Waals surface area contributed by atoms with E-state index >= 15 is 0 Å². The normalized spacial score (nSPS) is 20.3. The van der Waals surface area contributed by atoms with Gasteiger partial charge in [-0.25, -0.2) is 0 Å². The Morgan fingerprint density at radius 3 is 2.63 bits per heavy atom. The molecule has 2 N–H and O–H groups in total. The summed E-state index contributed by atoms with van der Waals surface area (Å²) >= 11 is 0. The van der Waals surface area contributed by atoms with Crippen molar-refractivity contribution in [2.45, 2.75) is 51.5 Å². The fourth-order valence-electron chi connectivity index (χ4n) is 3.08. The zero-order chi connectivity index (χ0) is 13.7. The zero-order valence-electron chi connectivity index (χ0n) is 12.4. The maximum atomic E-state index is 5.68. The van der Waals surface area contributed by atoms with Gasteiger partial charge in [0, 0.05) is 19.1 Å². The smallest absolute Gasteiger partial charge is 0.0108 e. The van der Waals surface area contributed by atoms with Crippen LogP contribution >= 0.6 is 0 Å². The molecule has 1 aliphatic heterocycles. The second kappa shape index (κ2) is 7.06. The van der Waals surface area contributed by atoms with E-state index in [9.17, 15) is 0 Å². The summed E-state index contributed by atoms with van der Waals surface area (Å²) < 4.78 is 0. The Bertz CT molecular complexity index is 369. The van der Waals surface area contributed by atoms with Crippen molar-refractivity contribution >= 4 is 0 Å². The molecule has 19 heavy (non-hydrogen) atoms. The number of likely N-dealkylation sites (tertiary alicyclic amines) is 1. The van der Waals surface area contributed by atoms with Gasteiger partial charge in [-0.3, -0.25) is 4.90 Å². The van der Waals surface area contributed by atoms with Gasteiger partial charge in [-0.15, -0.1) is 0 Å². The highest BCUT2D eigenvalue weighted by Crippen LogP contribution is 2.22. The maximum Gasteiger partial charge on any atom is 0.0108 e. The molecule has 0 amide bonds. The van der Waals surface area contributed by atoms with Crippen molar-refractivity contribution < 1.29 is 0 Å². The van der Waals surface area contributed by atoms with Crippen LogP contribution in [0.3, 0.4) is 0 Å². The molecule has 1 aromatic carbocycles. The fourth-order valence-corrected chi connectivity index (χ4v) is 3.08. The van der Waals surface area contributed by atoms with Crippen LogP contribution in [0.5, 0.6) is 0 Å². The lowest BCUT2D eigenvalue weighted by Crippen LogP contribution is -2.34. The summed E-state index contributed by atoms with van der Waals surface area (Å²) in [6, 6.07) is 9.93. The minimum Gasteiger partial charge on any atom is -0.329 e. The highest BCUT2D eigenvalue weighted by atomic mass is 15.2. The largest absolute Gasteiger partial charge is 0.329 e. The molecular formula is C17H28N2. The van der Waals surface area contributed by atoms with E-state index in [0.29, 0.717) is 5.92 Å². The highest BCUT2D eigenvalue weighted by Gasteiger charge is 2.22. The Morgan fingerprint density at radius 2 is 2.00 bits per heavy atom. The first-order chi connectivity index (χ1) is 9.20.